The minimum Gasteiger partial charge on any atom is -0.207 e. The van der Waals surface area contributed by atoms with Crippen molar-refractivity contribution < 1.29 is 4.39 Å². The molecule has 0 N–H and O–H groups in total. The van der Waals surface area contributed by atoms with Crippen LogP contribution in [0.15, 0.2) is 36.4 Å². The third kappa shape index (κ3) is 5.88. The van der Waals surface area contributed by atoms with E-state index in [2.05, 4.69) is 25.1 Å². The number of hydrogen-bond donors (Lipinski definition) is 0. The fourth-order valence-electron chi connectivity index (χ4n) is 8.13. The zero-order valence-corrected chi connectivity index (χ0v) is 21.6. The van der Waals surface area contributed by atoms with E-state index >= 15 is 0 Å². The lowest BCUT2D eigenvalue weighted by Gasteiger charge is -2.45. The standard InChI is InChI=1S/C33H47F/c1-2-3-4-5-6-7-24-8-10-25(11-9-24)26-12-13-28-21-29(15-14-27(28)20-26)30-16-17-32-23-33(34)19-18-31(32)22-30/h16-19,22-29H,2-15,20-21H2,1H3. The Labute approximate surface area is 208 Å². The zero-order chi connectivity index (χ0) is 23.3. The highest BCUT2D eigenvalue weighted by atomic mass is 19.1. The van der Waals surface area contributed by atoms with Gasteiger partial charge in [0.1, 0.15) is 5.82 Å². The van der Waals surface area contributed by atoms with Crippen molar-refractivity contribution in [3.05, 3.63) is 47.8 Å². The van der Waals surface area contributed by atoms with E-state index in [0.717, 1.165) is 35.0 Å². The Balaban J connectivity index is 1.08. The van der Waals surface area contributed by atoms with Crippen molar-refractivity contribution in [2.24, 2.45) is 29.6 Å². The molecule has 34 heavy (non-hydrogen) atoms. The number of rotatable bonds is 8. The Morgan fingerprint density at radius 3 is 2.12 bits per heavy atom. The minimum atomic E-state index is -0.131. The van der Waals surface area contributed by atoms with Crippen LogP contribution < -0.4 is 0 Å². The lowest BCUT2D eigenvalue weighted by molar-refractivity contribution is 0.0710. The molecule has 2 aromatic carbocycles. The Kier molecular flexibility index (Phi) is 8.28. The second kappa shape index (κ2) is 11.6. The summed E-state index contributed by atoms with van der Waals surface area (Å²) in [4.78, 5) is 0. The third-order valence-corrected chi connectivity index (χ3v) is 10.2. The second-order valence-corrected chi connectivity index (χ2v) is 12.3. The third-order valence-electron chi connectivity index (χ3n) is 10.2. The van der Waals surface area contributed by atoms with E-state index < -0.39 is 0 Å². The van der Waals surface area contributed by atoms with Crippen LogP contribution in [0.1, 0.15) is 121 Å². The van der Waals surface area contributed by atoms with Crippen molar-refractivity contribution in [2.75, 3.05) is 0 Å². The molecule has 0 spiro atoms. The lowest BCUT2D eigenvalue weighted by Crippen LogP contribution is -2.34. The number of unbranched alkanes of at least 4 members (excludes halogenated alkanes) is 4. The molecule has 3 aliphatic carbocycles. The SMILES string of the molecule is CCCCCCCC1CCC(C2CCC3CC(c4ccc5cc(F)ccc5c4)CCC3C2)CC1. The highest BCUT2D eigenvalue weighted by molar-refractivity contribution is 5.83. The van der Waals surface area contributed by atoms with Crippen molar-refractivity contribution in [1.82, 2.24) is 0 Å². The van der Waals surface area contributed by atoms with E-state index in [0.29, 0.717) is 5.92 Å². The van der Waals surface area contributed by atoms with Crippen LogP contribution in [0, 0.1) is 35.4 Å². The van der Waals surface area contributed by atoms with E-state index in [1.54, 1.807) is 12.1 Å². The van der Waals surface area contributed by atoms with Gasteiger partial charge in [0.05, 0.1) is 0 Å². The molecule has 0 amide bonds. The first-order valence-corrected chi connectivity index (χ1v) is 14.9. The van der Waals surface area contributed by atoms with Gasteiger partial charge in [-0.1, -0.05) is 82.6 Å². The molecule has 0 radical (unpaired) electrons. The summed E-state index contributed by atoms with van der Waals surface area (Å²) >= 11 is 0. The van der Waals surface area contributed by atoms with E-state index in [1.807, 2.05) is 6.07 Å². The number of benzene rings is 2. The zero-order valence-electron chi connectivity index (χ0n) is 21.6. The molecule has 0 aliphatic heterocycles. The van der Waals surface area contributed by atoms with Gasteiger partial charge in [0.25, 0.3) is 0 Å². The first kappa shape index (κ1) is 24.3. The van der Waals surface area contributed by atoms with Gasteiger partial charge in [0, 0.05) is 0 Å². The molecule has 1 heteroatoms. The predicted molar refractivity (Wildman–Crippen MR) is 144 cm³/mol. The first-order chi connectivity index (χ1) is 16.7. The number of halogens is 1. The Bertz CT molecular complexity index is 908. The van der Waals surface area contributed by atoms with Crippen molar-refractivity contribution >= 4 is 10.8 Å². The van der Waals surface area contributed by atoms with Crippen LogP contribution in [0.3, 0.4) is 0 Å². The van der Waals surface area contributed by atoms with E-state index in [4.69, 9.17) is 0 Å². The van der Waals surface area contributed by atoms with E-state index in [-0.39, 0.29) is 5.82 Å². The van der Waals surface area contributed by atoms with E-state index in [1.165, 1.54) is 114 Å². The van der Waals surface area contributed by atoms with Gasteiger partial charge < -0.3 is 0 Å². The van der Waals surface area contributed by atoms with Crippen LogP contribution in [0.25, 0.3) is 10.8 Å². The summed E-state index contributed by atoms with van der Waals surface area (Å²) in [6, 6.07) is 12.0. The van der Waals surface area contributed by atoms with Crippen LogP contribution >= 0.6 is 0 Å². The summed E-state index contributed by atoms with van der Waals surface area (Å²) in [5.41, 5.74) is 1.49. The second-order valence-electron chi connectivity index (χ2n) is 12.3. The molecule has 0 saturated heterocycles. The fraction of sp³-hybridized carbons (Fsp3) is 0.697. The monoisotopic (exact) mass is 462 g/mol. The van der Waals surface area contributed by atoms with Gasteiger partial charge in [-0.2, -0.15) is 0 Å². The minimum absolute atomic E-state index is 0.131. The van der Waals surface area contributed by atoms with Crippen LogP contribution in [0.2, 0.25) is 0 Å². The van der Waals surface area contributed by atoms with Gasteiger partial charge in [-0.05, 0) is 115 Å². The smallest absolute Gasteiger partial charge is 0.123 e. The van der Waals surface area contributed by atoms with Gasteiger partial charge in [-0.15, -0.1) is 0 Å². The van der Waals surface area contributed by atoms with Crippen molar-refractivity contribution in [1.29, 1.82) is 0 Å². The lowest BCUT2D eigenvalue weighted by atomic mass is 9.60. The summed E-state index contributed by atoms with van der Waals surface area (Å²) in [6.07, 6.45) is 23.5. The quantitative estimate of drug-likeness (QED) is 0.342. The molecular weight excluding hydrogens is 415 g/mol. The normalized spacial score (nSPS) is 31.9. The van der Waals surface area contributed by atoms with Gasteiger partial charge in [0.15, 0.2) is 0 Å². The fourth-order valence-corrected chi connectivity index (χ4v) is 8.13. The van der Waals surface area contributed by atoms with Crippen LogP contribution in [-0.2, 0) is 0 Å². The molecule has 186 valence electrons. The predicted octanol–water partition coefficient (Wildman–Crippen LogP) is 10.4. The maximum absolute atomic E-state index is 13.5. The van der Waals surface area contributed by atoms with Crippen molar-refractivity contribution in [2.45, 2.75) is 116 Å². The number of fused-ring (bicyclic) bond motifs is 2. The molecule has 0 bridgehead atoms. The van der Waals surface area contributed by atoms with E-state index in [9.17, 15) is 4.39 Å². The average molecular weight is 463 g/mol. The average Bonchev–Trinajstić information content (AvgIpc) is 2.88. The van der Waals surface area contributed by atoms with Gasteiger partial charge >= 0.3 is 0 Å². The molecule has 0 nitrogen and oxygen atoms in total. The number of hydrogen-bond acceptors (Lipinski definition) is 0. The summed E-state index contributed by atoms with van der Waals surface area (Å²) in [6.45, 7) is 2.31. The molecular formula is C33H47F. The maximum atomic E-state index is 13.5. The Hall–Kier alpha value is -1.37. The Morgan fingerprint density at radius 1 is 0.647 bits per heavy atom. The molecule has 5 rings (SSSR count). The largest absolute Gasteiger partial charge is 0.207 e. The van der Waals surface area contributed by atoms with Gasteiger partial charge in [-0.25, -0.2) is 4.39 Å². The summed E-state index contributed by atoms with van der Waals surface area (Å²) in [5, 5.41) is 2.23. The first-order valence-electron chi connectivity index (χ1n) is 14.9. The highest BCUT2D eigenvalue weighted by Crippen LogP contribution is 2.51. The molecule has 4 unspecified atom stereocenters. The molecule has 3 fully saturated rings. The molecule has 0 heterocycles. The molecule has 0 aromatic heterocycles. The topological polar surface area (TPSA) is 0 Å². The molecule has 4 atom stereocenters. The van der Waals surface area contributed by atoms with Crippen LogP contribution in [0.5, 0.6) is 0 Å². The molecule has 3 saturated carbocycles. The molecule has 3 aliphatic rings. The van der Waals surface area contributed by atoms with Crippen LogP contribution in [0.4, 0.5) is 4.39 Å². The van der Waals surface area contributed by atoms with Gasteiger partial charge in [0.2, 0.25) is 0 Å². The van der Waals surface area contributed by atoms with Crippen LogP contribution in [-0.4, -0.2) is 0 Å². The maximum Gasteiger partial charge on any atom is 0.123 e. The molecule has 2 aromatic rings. The summed E-state index contributed by atoms with van der Waals surface area (Å²) in [7, 11) is 0. The summed E-state index contributed by atoms with van der Waals surface area (Å²) < 4.78 is 13.5. The van der Waals surface area contributed by atoms with Crippen molar-refractivity contribution in [3.63, 3.8) is 0 Å². The Morgan fingerprint density at radius 2 is 1.29 bits per heavy atom. The summed E-state index contributed by atoms with van der Waals surface area (Å²) in [5.74, 6) is 5.62. The highest BCUT2D eigenvalue weighted by Gasteiger charge is 2.39. The van der Waals surface area contributed by atoms with Gasteiger partial charge in [-0.3, -0.25) is 0 Å². The van der Waals surface area contributed by atoms with Crippen molar-refractivity contribution in [3.8, 4) is 0 Å².